The maximum Gasteiger partial charge on any atom is 0.233 e. The molecule has 3 rings (SSSR count). The number of carbonyl (C=O) groups excluding carboxylic acids is 1. The van der Waals surface area contributed by atoms with Gasteiger partial charge < -0.3 is 4.90 Å². The van der Waals surface area contributed by atoms with Crippen LogP contribution < -0.4 is 0 Å². The minimum absolute atomic E-state index is 0.274. The van der Waals surface area contributed by atoms with Gasteiger partial charge in [0.2, 0.25) is 5.91 Å². The Kier molecular flexibility index (Phi) is 5.61. The van der Waals surface area contributed by atoms with E-state index in [4.69, 9.17) is 0 Å². The fourth-order valence-electron chi connectivity index (χ4n) is 2.81. The van der Waals surface area contributed by atoms with Crippen molar-refractivity contribution in [3.8, 4) is 0 Å². The Hall–Kier alpha value is -0.780. The Labute approximate surface area is 148 Å². The van der Waals surface area contributed by atoms with E-state index in [1.54, 1.807) is 23.1 Å². The molecular formula is C17H18BrNOS2. The topological polar surface area (TPSA) is 20.3 Å². The SMILES string of the molecule is O=C(CSCc1cccc(Br)c1)N1CCCC1c1cccs1. The molecule has 116 valence electrons. The number of benzene rings is 1. The van der Waals surface area contributed by atoms with E-state index in [1.807, 2.05) is 12.1 Å². The predicted octanol–water partition coefficient (Wildman–Crippen LogP) is 5.11. The number of hydrogen-bond acceptors (Lipinski definition) is 3. The van der Waals surface area contributed by atoms with Crippen molar-refractivity contribution in [1.29, 1.82) is 0 Å². The molecule has 1 aromatic carbocycles. The molecule has 2 heterocycles. The van der Waals surface area contributed by atoms with E-state index in [1.165, 1.54) is 10.4 Å². The smallest absolute Gasteiger partial charge is 0.233 e. The van der Waals surface area contributed by atoms with Crippen LogP contribution in [0.15, 0.2) is 46.3 Å². The molecule has 0 bridgehead atoms. The summed E-state index contributed by atoms with van der Waals surface area (Å²) in [6.07, 6.45) is 2.22. The summed E-state index contributed by atoms with van der Waals surface area (Å²) >= 11 is 6.94. The third kappa shape index (κ3) is 3.94. The number of thiophene rings is 1. The minimum atomic E-state index is 0.274. The summed E-state index contributed by atoms with van der Waals surface area (Å²) in [6.45, 7) is 0.902. The number of likely N-dealkylation sites (tertiary alicyclic amines) is 1. The van der Waals surface area contributed by atoms with Gasteiger partial charge in [0.15, 0.2) is 0 Å². The molecule has 2 nitrogen and oxygen atoms in total. The molecule has 1 aliphatic rings. The summed E-state index contributed by atoms with van der Waals surface area (Å²) in [5.74, 6) is 1.72. The van der Waals surface area contributed by atoms with E-state index in [-0.39, 0.29) is 5.91 Å². The standard InChI is InChI=1S/C17H18BrNOS2/c18-14-5-1-4-13(10-14)11-21-12-17(20)19-8-2-6-15(19)16-7-3-9-22-16/h1,3-5,7,9-10,15H,2,6,8,11-12H2. The van der Waals surface area contributed by atoms with Gasteiger partial charge in [0.25, 0.3) is 0 Å². The minimum Gasteiger partial charge on any atom is -0.334 e. The van der Waals surface area contributed by atoms with Gasteiger partial charge in [-0.25, -0.2) is 0 Å². The molecule has 1 fully saturated rings. The normalized spacial score (nSPS) is 17.9. The lowest BCUT2D eigenvalue weighted by atomic mass is 10.2. The van der Waals surface area contributed by atoms with Gasteiger partial charge in [0.1, 0.15) is 0 Å². The van der Waals surface area contributed by atoms with Crippen LogP contribution in [0.1, 0.15) is 29.3 Å². The zero-order chi connectivity index (χ0) is 15.4. The molecule has 5 heteroatoms. The van der Waals surface area contributed by atoms with Gasteiger partial charge in [-0.3, -0.25) is 4.79 Å². The van der Waals surface area contributed by atoms with Crippen LogP contribution in [0.2, 0.25) is 0 Å². The molecule has 1 amide bonds. The second-order valence-corrected chi connectivity index (χ2v) is 8.26. The molecule has 0 N–H and O–H groups in total. The molecule has 1 aliphatic heterocycles. The Morgan fingerprint density at radius 2 is 2.27 bits per heavy atom. The van der Waals surface area contributed by atoms with Crippen molar-refractivity contribution in [3.63, 3.8) is 0 Å². The van der Waals surface area contributed by atoms with E-state index in [0.29, 0.717) is 11.8 Å². The molecule has 1 atom stereocenters. The fourth-order valence-corrected chi connectivity index (χ4v) is 4.99. The van der Waals surface area contributed by atoms with Crippen molar-refractivity contribution < 1.29 is 4.79 Å². The highest BCUT2D eigenvalue weighted by atomic mass is 79.9. The fraction of sp³-hybridized carbons (Fsp3) is 0.353. The van der Waals surface area contributed by atoms with Crippen molar-refractivity contribution in [2.45, 2.75) is 24.6 Å². The molecular weight excluding hydrogens is 378 g/mol. The van der Waals surface area contributed by atoms with Crippen molar-refractivity contribution in [2.24, 2.45) is 0 Å². The average molecular weight is 396 g/mol. The lowest BCUT2D eigenvalue weighted by Crippen LogP contribution is -2.31. The van der Waals surface area contributed by atoms with Crippen molar-refractivity contribution in [3.05, 3.63) is 56.7 Å². The molecule has 0 saturated carbocycles. The van der Waals surface area contributed by atoms with Crippen molar-refractivity contribution in [2.75, 3.05) is 12.3 Å². The maximum atomic E-state index is 12.5. The Bertz CT molecular complexity index is 629. The number of carbonyl (C=O) groups is 1. The molecule has 0 spiro atoms. The summed E-state index contributed by atoms with van der Waals surface area (Å²) in [5, 5.41) is 2.10. The number of amides is 1. The largest absolute Gasteiger partial charge is 0.334 e. The van der Waals surface area contributed by atoms with Crippen molar-refractivity contribution in [1.82, 2.24) is 4.90 Å². The van der Waals surface area contributed by atoms with Crippen LogP contribution in [0, 0.1) is 0 Å². The predicted molar refractivity (Wildman–Crippen MR) is 98.3 cm³/mol. The number of nitrogens with zero attached hydrogens (tertiary/aromatic N) is 1. The first-order valence-electron chi connectivity index (χ1n) is 7.39. The van der Waals surface area contributed by atoms with Crippen molar-refractivity contribution >= 4 is 44.9 Å². The average Bonchev–Trinajstić information content (AvgIpc) is 3.18. The lowest BCUT2D eigenvalue weighted by molar-refractivity contribution is -0.129. The monoisotopic (exact) mass is 395 g/mol. The van der Waals surface area contributed by atoms with Gasteiger partial charge in [-0.2, -0.15) is 0 Å². The molecule has 1 unspecified atom stereocenters. The highest BCUT2D eigenvalue weighted by molar-refractivity contribution is 9.10. The zero-order valence-corrected chi connectivity index (χ0v) is 15.4. The summed E-state index contributed by atoms with van der Waals surface area (Å²) in [7, 11) is 0. The second kappa shape index (κ2) is 7.66. The molecule has 0 radical (unpaired) electrons. The molecule has 22 heavy (non-hydrogen) atoms. The first-order chi connectivity index (χ1) is 10.7. The third-order valence-corrected chi connectivity index (χ3v) is 6.28. The van der Waals surface area contributed by atoms with Crippen LogP contribution in [0.5, 0.6) is 0 Å². The highest BCUT2D eigenvalue weighted by Crippen LogP contribution is 2.34. The van der Waals surface area contributed by atoms with Crippen LogP contribution >= 0.6 is 39.0 Å². The van der Waals surface area contributed by atoms with E-state index in [0.717, 1.165) is 29.6 Å². The van der Waals surface area contributed by atoms with Crippen LogP contribution in [-0.2, 0) is 10.5 Å². The van der Waals surface area contributed by atoms with Gasteiger partial charge in [0, 0.05) is 21.6 Å². The molecule has 1 saturated heterocycles. The quantitative estimate of drug-likeness (QED) is 0.700. The summed E-state index contributed by atoms with van der Waals surface area (Å²) < 4.78 is 1.09. The van der Waals surface area contributed by atoms with E-state index >= 15 is 0 Å². The highest BCUT2D eigenvalue weighted by Gasteiger charge is 2.30. The third-order valence-electron chi connectivity index (χ3n) is 3.83. The van der Waals surface area contributed by atoms with Crippen LogP contribution in [0.25, 0.3) is 0 Å². The molecule has 1 aromatic heterocycles. The number of hydrogen-bond donors (Lipinski definition) is 0. The van der Waals surface area contributed by atoms with Crippen LogP contribution in [0.3, 0.4) is 0 Å². The Morgan fingerprint density at radius 1 is 1.36 bits per heavy atom. The van der Waals surface area contributed by atoms with E-state index in [2.05, 4.69) is 50.5 Å². The number of rotatable bonds is 5. The van der Waals surface area contributed by atoms with E-state index < -0.39 is 0 Å². The van der Waals surface area contributed by atoms with Gasteiger partial charge in [0.05, 0.1) is 11.8 Å². The first-order valence-corrected chi connectivity index (χ1v) is 10.2. The Morgan fingerprint density at radius 3 is 3.05 bits per heavy atom. The number of halogens is 1. The molecule has 0 aliphatic carbocycles. The van der Waals surface area contributed by atoms with Crippen LogP contribution in [-0.4, -0.2) is 23.1 Å². The summed E-state index contributed by atoms with van der Waals surface area (Å²) in [6, 6.07) is 12.8. The van der Waals surface area contributed by atoms with Gasteiger partial charge in [-0.1, -0.05) is 34.1 Å². The number of thioether (sulfide) groups is 1. The molecule has 2 aromatic rings. The Balaban J connectivity index is 1.53. The lowest BCUT2D eigenvalue weighted by Gasteiger charge is -2.23. The van der Waals surface area contributed by atoms with Gasteiger partial charge in [-0.05, 0) is 42.0 Å². The van der Waals surface area contributed by atoms with Crippen LogP contribution in [0.4, 0.5) is 0 Å². The van der Waals surface area contributed by atoms with Gasteiger partial charge >= 0.3 is 0 Å². The summed E-state index contributed by atoms with van der Waals surface area (Å²) in [5.41, 5.74) is 1.25. The van der Waals surface area contributed by atoms with Gasteiger partial charge in [-0.15, -0.1) is 23.1 Å². The van der Waals surface area contributed by atoms with E-state index in [9.17, 15) is 4.79 Å². The summed E-state index contributed by atoms with van der Waals surface area (Å²) in [4.78, 5) is 15.9. The maximum absolute atomic E-state index is 12.5. The zero-order valence-electron chi connectivity index (χ0n) is 12.2. The first kappa shape index (κ1) is 16.1. The second-order valence-electron chi connectivity index (χ2n) is 5.38.